The zero-order valence-corrected chi connectivity index (χ0v) is 9.50. The molecule has 0 N–H and O–H groups in total. The molecule has 0 aliphatic heterocycles. The lowest BCUT2D eigenvalue weighted by Crippen LogP contribution is -2.07. The van der Waals surface area contributed by atoms with E-state index in [4.69, 9.17) is 21.6 Å². The molecule has 0 aliphatic carbocycles. The highest BCUT2D eigenvalue weighted by Crippen LogP contribution is 2.16. The van der Waals surface area contributed by atoms with Gasteiger partial charge in [-0.1, -0.05) is 11.6 Å². The highest BCUT2D eigenvalue weighted by Gasteiger charge is 2.06. The zero-order valence-electron chi connectivity index (χ0n) is 8.75. The molecule has 0 saturated carbocycles. The summed E-state index contributed by atoms with van der Waals surface area (Å²) in [5, 5.41) is 20.1. The van der Waals surface area contributed by atoms with Crippen molar-refractivity contribution in [3.8, 4) is 11.8 Å². The number of ether oxygens (including phenoxy) is 1. The molecule has 2 rings (SSSR count). The fourth-order valence-electron chi connectivity index (χ4n) is 1.20. The summed E-state index contributed by atoms with van der Waals surface area (Å²) in [7, 11) is 0. The Hall–Kier alpha value is -2.13. The first-order valence-corrected chi connectivity index (χ1v) is 5.18. The Kier molecular flexibility index (Phi) is 3.52. The van der Waals surface area contributed by atoms with Crippen LogP contribution in [0.5, 0.6) is 5.75 Å². The van der Waals surface area contributed by atoms with Crippen LogP contribution in [0, 0.1) is 11.3 Å². The average Bonchev–Trinajstić information content (AvgIpc) is 2.77. The molecule has 0 radical (unpaired) electrons. The monoisotopic (exact) mass is 249 g/mol. The van der Waals surface area contributed by atoms with Crippen molar-refractivity contribution in [3.63, 3.8) is 0 Å². The van der Waals surface area contributed by atoms with Crippen LogP contribution >= 0.6 is 11.6 Å². The summed E-state index contributed by atoms with van der Waals surface area (Å²) >= 11 is 5.75. The predicted octanol–water partition coefficient (Wildman–Crippen LogP) is 1.43. The van der Waals surface area contributed by atoms with Crippen LogP contribution < -0.4 is 4.74 Å². The van der Waals surface area contributed by atoms with Crippen molar-refractivity contribution in [2.24, 2.45) is 0 Å². The summed E-state index contributed by atoms with van der Waals surface area (Å²) < 4.78 is 6.85. The second kappa shape index (κ2) is 5.27. The van der Waals surface area contributed by atoms with E-state index in [1.54, 1.807) is 24.3 Å². The molecular formula is C10H8ClN5O. The number of hydrogen-bond donors (Lipinski definition) is 0. The second-order valence-electron chi connectivity index (χ2n) is 3.15. The standard InChI is InChI=1S/C10H8ClN5O/c11-8-1-3-9(4-2-8)17-7-10-13-14-15-16(10)6-5-12/h1-4H,6-7H2. The van der Waals surface area contributed by atoms with Gasteiger partial charge in [0.2, 0.25) is 0 Å². The van der Waals surface area contributed by atoms with Crippen LogP contribution in [0.15, 0.2) is 24.3 Å². The lowest BCUT2D eigenvalue weighted by molar-refractivity contribution is 0.288. The summed E-state index contributed by atoms with van der Waals surface area (Å²) in [6.07, 6.45) is 0. The molecule has 0 saturated heterocycles. The van der Waals surface area contributed by atoms with Crippen molar-refractivity contribution in [1.82, 2.24) is 20.2 Å². The molecular weight excluding hydrogens is 242 g/mol. The van der Waals surface area contributed by atoms with Crippen molar-refractivity contribution >= 4 is 11.6 Å². The maximum Gasteiger partial charge on any atom is 0.190 e. The Bertz CT molecular complexity index is 530. The van der Waals surface area contributed by atoms with Gasteiger partial charge in [0.15, 0.2) is 5.82 Å². The number of rotatable bonds is 4. The Morgan fingerprint density at radius 2 is 2.12 bits per heavy atom. The van der Waals surface area contributed by atoms with Crippen LogP contribution in [0.3, 0.4) is 0 Å². The molecule has 17 heavy (non-hydrogen) atoms. The minimum Gasteiger partial charge on any atom is -0.486 e. The number of benzene rings is 1. The van der Waals surface area contributed by atoms with Gasteiger partial charge in [-0.05, 0) is 34.7 Å². The molecule has 0 unspecified atom stereocenters. The number of tetrazole rings is 1. The van der Waals surface area contributed by atoms with E-state index in [0.29, 0.717) is 16.6 Å². The first-order valence-electron chi connectivity index (χ1n) is 4.80. The van der Waals surface area contributed by atoms with E-state index in [1.807, 2.05) is 6.07 Å². The van der Waals surface area contributed by atoms with Gasteiger partial charge in [0.05, 0.1) is 6.07 Å². The lowest BCUT2D eigenvalue weighted by atomic mass is 10.3. The van der Waals surface area contributed by atoms with Crippen molar-refractivity contribution in [1.29, 1.82) is 5.26 Å². The largest absolute Gasteiger partial charge is 0.486 e. The number of aromatic nitrogens is 4. The van der Waals surface area contributed by atoms with Crippen molar-refractivity contribution < 1.29 is 4.74 Å². The van der Waals surface area contributed by atoms with Gasteiger partial charge in [0, 0.05) is 5.02 Å². The van der Waals surface area contributed by atoms with Crippen LogP contribution in [0.1, 0.15) is 5.82 Å². The minimum atomic E-state index is 0.103. The molecule has 7 heteroatoms. The number of nitriles is 1. The zero-order chi connectivity index (χ0) is 12.1. The van der Waals surface area contributed by atoms with E-state index in [9.17, 15) is 0 Å². The molecule has 1 heterocycles. The molecule has 0 bridgehead atoms. The van der Waals surface area contributed by atoms with Gasteiger partial charge in [-0.25, -0.2) is 4.68 Å². The van der Waals surface area contributed by atoms with Gasteiger partial charge in [0.25, 0.3) is 0 Å². The smallest absolute Gasteiger partial charge is 0.190 e. The molecule has 0 aliphatic rings. The summed E-state index contributed by atoms with van der Waals surface area (Å²) in [5.41, 5.74) is 0. The van der Waals surface area contributed by atoms with Crippen LogP contribution in [-0.4, -0.2) is 20.2 Å². The van der Waals surface area contributed by atoms with Crippen LogP contribution in [0.4, 0.5) is 0 Å². The predicted molar refractivity (Wildman–Crippen MR) is 59.2 cm³/mol. The Labute approximate surface area is 102 Å². The van der Waals surface area contributed by atoms with E-state index >= 15 is 0 Å². The Morgan fingerprint density at radius 1 is 1.35 bits per heavy atom. The third-order valence-electron chi connectivity index (χ3n) is 2.01. The first-order chi connectivity index (χ1) is 8.29. The SMILES string of the molecule is N#CCn1nnnc1COc1ccc(Cl)cc1. The van der Waals surface area contributed by atoms with E-state index < -0.39 is 0 Å². The highest BCUT2D eigenvalue weighted by molar-refractivity contribution is 6.30. The molecule has 0 fully saturated rings. The topological polar surface area (TPSA) is 76.6 Å². The van der Waals surface area contributed by atoms with Crippen LogP contribution in [0.2, 0.25) is 5.02 Å². The minimum absolute atomic E-state index is 0.103. The summed E-state index contributed by atoms with van der Waals surface area (Å²) in [6.45, 7) is 0.308. The number of hydrogen-bond acceptors (Lipinski definition) is 5. The first kappa shape index (κ1) is 11.4. The maximum absolute atomic E-state index is 8.56. The van der Waals surface area contributed by atoms with E-state index in [2.05, 4.69) is 15.5 Å². The normalized spacial score (nSPS) is 9.88. The van der Waals surface area contributed by atoms with Crippen molar-refractivity contribution in [2.45, 2.75) is 13.2 Å². The molecule has 6 nitrogen and oxygen atoms in total. The van der Waals surface area contributed by atoms with Crippen LogP contribution in [-0.2, 0) is 13.2 Å². The van der Waals surface area contributed by atoms with Crippen molar-refractivity contribution in [3.05, 3.63) is 35.1 Å². The fraction of sp³-hybridized carbons (Fsp3) is 0.200. The van der Waals surface area contributed by atoms with E-state index in [1.165, 1.54) is 4.68 Å². The Balaban J connectivity index is 2.00. The number of nitrogens with zero attached hydrogens (tertiary/aromatic N) is 5. The second-order valence-corrected chi connectivity index (χ2v) is 3.59. The molecule has 0 atom stereocenters. The lowest BCUT2D eigenvalue weighted by Gasteiger charge is -2.04. The average molecular weight is 250 g/mol. The molecule has 0 spiro atoms. The third-order valence-corrected chi connectivity index (χ3v) is 2.26. The van der Waals surface area contributed by atoms with Crippen molar-refractivity contribution in [2.75, 3.05) is 0 Å². The Morgan fingerprint density at radius 3 is 2.82 bits per heavy atom. The molecule has 1 aromatic carbocycles. The van der Waals surface area contributed by atoms with Crippen LogP contribution in [0.25, 0.3) is 0 Å². The number of halogens is 1. The summed E-state index contributed by atoms with van der Waals surface area (Å²) in [4.78, 5) is 0. The van der Waals surface area contributed by atoms with Gasteiger partial charge in [-0.3, -0.25) is 0 Å². The van der Waals surface area contributed by atoms with Gasteiger partial charge >= 0.3 is 0 Å². The molecule has 86 valence electrons. The fourth-order valence-corrected chi connectivity index (χ4v) is 1.32. The third kappa shape index (κ3) is 2.92. The van der Waals surface area contributed by atoms with Gasteiger partial charge in [0.1, 0.15) is 18.9 Å². The summed E-state index contributed by atoms with van der Waals surface area (Å²) in [6, 6.07) is 8.93. The van der Waals surface area contributed by atoms with E-state index in [-0.39, 0.29) is 13.2 Å². The highest BCUT2D eigenvalue weighted by atomic mass is 35.5. The molecule has 1 aromatic heterocycles. The maximum atomic E-state index is 8.56. The van der Waals surface area contributed by atoms with Gasteiger partial charge < -0.3 is 4.74 Å². The van der Waals surface area contributed by atoms with Gasteiger partial charge in [-0.2, -0.15) is 5.26 Å². The summed E-state index contributed by atoms with van der Waals surface area (Å²) in [5.74, 6) is 1.17. The molecule has 2 aromatic rings. The van der Waals surface area contributed by atoms with Gasteiger partial charge in [-0.15, -0.1) is 5.10 Å². The molecule has 0 amide bonds. The van der Waals surface area contributed by atoms with E-state index in [0.717, 1.165) is 0 Å². The quantitative estimate of drug-likeness (QED) is 0.819.